The minimum Gasteiger partial charge on any atom is -0.399 e. The number of nitrogens with two attached hydrogens (primary N) is 1. The predicted octanol–water partition coefficient (Wildman–Crippen LogP) is 3.34. The molecule has 0 spiro atoms. The monoisotopic (exact) mass is 257 g/mol. The van der Waals surface area contributed by atoms with Gasteiger partial charge >= 0.3 is 0 Å². The molecule has 1 aliphatic heterocycles. The molecule has 3 nitrogen and oxygen atoms in total. The Morgan fingerprint density at radius 1 is 1.37 bits per heavy atom. The van der Waals surface area contributed by atoms with Crippen LogP contribution in [0.2, 0.25) is 0 Å². The SMILES string of the molecule is CN1CCC(c2c[nH]c3ccc(N)cc23)CC1(C)C. The van der Waals surface area contributed by atoms with Gasteiger partial charge in [-0.1, -0.05) is 0 Å². The van der Waals surface area contributed by atoms with Crippen molar-refractivity contribution in [3.05, 3.63) is 30.0 Å². The summed E-state index contributed by atoms with van der Waals surface area (Å²) in [5.41, 5.74) is 9.68. The standard InChI is InChI=1S/C16H23N3/c1-16(2)9-11(6-7-19(16)3)14-10-18-15-5-4-12(17)8-13(14)15/h4-5,8,10-11,18H,6-7,9,17H2,1-3H3. The molecule has 19 heavy (non-hydrogen) atoms. The van der Waals surface area contributed by atoms with Crippen LogP contribution < -0.4 is 5.73 Å². The zero-order valence-corrected chi connectivity index (χ0v) is 12.0. The molecule has 1 aromatic heterocycles. The van der Waals surface area contributed by atoms with E-state index in [1.54, 1.807) is 0 Å². The number of fused-ring (bicyclic) bond motifs is 1. The third kappa shape index (κ3) is 2.12. The number of rotatable bonds is 1. The first kappa shape index (κ1) is 12.5. The molecule has 1 aromatic carbocycles. The van der Waals surface area contributed by atoms with E-state index < -0.39 is 0 Å². The van der Waals surface area contributed by atoms with Crippen molar-refractivity contribution < 1.29 is 0 Å². The molecule has 0 radical (unpaired) electrons. The fourth-order valence-corrected chi connectivity index (χ4v) is 3.28. The lowest BCUT2D eigenvalue weighted by molar-refractivity contribution is 0.0945. The highest BCUT2D eigenvalue weighted by atomic mass is 15.2. The second-order valence-electron chi connectivity index (χ2n) is 6.47. The van der Waals surface area contributed by atoms with Crippen molar-refractivity contribution in [1.82, 2.24) is 9.88 Å². The van der Waals surface area contributed by atoms with Crippen molar-refractivity contribution in [2.75, 3.05) is 19.3 Å². The summed E-state index contributed by atoms with van der Waals surface area (Å²) in [5.74, 6) is 0.627. The smallest absolute Gasteiger partial charge is 0.0458 e. The number of nitrogen functional groups attached to an aromatic ring is 1. The Balaban J connectivity index is 1.99. The lowest BCUT2D eigenvalue weighted by Crippen LogP contribution is -2.46. The van der Waals surface area contributed by atoms with Crippen LogP contribution in [0.25, 0.3) is 10.9 Å². The van der Waals surface area contributed by atoms with Gasteiger partial charge in [-0.05, 0) is 70.0 Å². The van der Waals surface area contributed by atoms with Crippen LogP contribution in [0.5, 0.6) is 0 Å². The molecule has 1 fully saturated rings. The maximum atomic E-state index is 5.93. The number of H-pyrrole nitrogens is 1. The summed E-state index contributed by atoms with van der Waals surface area (Å²) in [5, 5.41) is 1.30. The number of aromatic amines is 1. The minimum atomic E-state index is 0.271. The number of anilines is 1. The van der Waals surface area contributed by atoms with E-state index in [9.17, 15) is 0 Å². The van der Waals surface area contributed by atoms with E-state index in [0.717, 1.165) is 12.2 Å². The van der Waals surface area contributed by atoms with Gasteiger partial charge in [-0.2, -0.15) is 0 Å². The average molecular weight is 257 g/mol. The molecule has 3 N–H and O–H groups in total. The normalized spacial score (nSPS) is 23.8. The van der Waals surface area contributed by atoms with Crippen LogP contribution in [-0.2, 0) is 0 Å². The lowest BCUT2D eigenvalue weighted by Gasteiger charge is -2.43. The number of nitrogens with one attached hydrogen (secondary N) is 1. The molecule has 1 unspecified atom stereocenters. The largest absolute Gasteiger partial charge is 0.399 e. The molecule has 0 bridgehead atoms. The van der Waals surface area contributed by atoms with E-state index in [2.05, 4.69) is 49.1 Å². The van der Waals surface area contributed by atoms with Gasteiger partial charge in [0.1, 0.15) is 0 Å². The maximum absolute atomic E-state index is 5.93. The van der Waals surface area contributed by atoms with Gasteiger partial charge in [-0.15, -0.1) is 0 Å². The molecule has 2 aromatic rings. The maximum Gasteiger partial charge on any atom is 0.0458 e. The van der Waals surface area contributed by atoms with Crippen LogP contribution in [0.15, 0.2) is 24.4 Å². The zero-order valence-electron chi connectivity index (χ0n) is 12.0. The number of hydrogen-bond donors (Lipinski definition) is 2. The highest BCUT2D eigenvalue weighted by Crippen LogP contribution is 2.39. The first-order chi connectivity index (χ1) is 8.97. The Hall–Kier alpha value is -1.48. The van der Waals surface area contributed by atoms with E-state index in [0.29, 0.717) is 5.92 Å². The molecule has 0 saturated carbocycles. The average Bonchev–Trinajstić information content (AvgIpc) is 2.75. The van der Waals surface area contributed by atoms with Gasteiger partial charge in [0.05, 0.1) is 0 Å². The van der Waals surface area contributed by atoms with E-state index >= 15 is 0 Å². The van der Waals surface area contributed by atoms with Crippen LogP contribution >= 0.6 is 0 Å². The Bertz CT molecular complexity index is 597. The van der Waals surface area contributed by atoms with Crippen molar-refractivity contribution in [1.29, 1.82) is 0 Å². The van der Waals surface area contributed by atoms with E-state index in [-0.39, 0.29) is 5.54 Å². The summed E-state index contributed by atoms with van der Waals surface area (Å²) in [6, 6.07) is 6.14. The Morgan fingerprint density at radius 3 is 2.89 bits per heavy atom. The number of nitrogens with zero attached hydrogens (tertiary/aromatic N) is 1. The van der Waals surface area contributed by atoms with Crippen LogP contribution in [0, 0.1) is 0 Å². The van der Waals surface area contributed by atoms with Crippen molar-refractivity contribution >= 4 is 16.6 Å². The van der Waals surface area contributed by atoms with Gasteiger partial charge in [-0.25, -0.2) is 0 Å². The van der Waals surface area contributed by atoms with Gasteiger partial charge in [0, 0.05) is 28.3 Å². The van der Waals surface area contributed by atoms with Crippen LogP contribution in [-0.4, -0.2) is 29.0 Å². The summed E-state index contributed by atoms with van der Waals surface area (Å²) >= 11 is 0. The van der Waals surface area contributed by atoms with Crippen LogP contribution in [0.3, 0.4) is 0 Å². The topological polar surface area (TPSA) is 45.0 Å². The van der Waals surface area contributed by atoms with Gasteiger partial charge in [0.25, 0.3) is 0 Å². The molecule has 3 rings (SSSR count). The molecule has 1 aliphatic rings. The number of aromatic nitrogens is 1. The molecule has 0 aliphatic carbocycles. The summed E-state index contributed by atoms with van der Waals surface area (Å²) in [4.78, 5) is 5.85. The van der Waals surface area contributed by atoms with Gasteiger partial charge in [-0.3, -0.25) is 0 Å². The van der Waals surface area contributed by atoms with E-state index in [4.69, 9.17) is 5.73 Å². The van der Waals surface area contributed by atoms with Gasteiger partial charge < -0.3 is 15.6 Å². The quantitative estimate of drug-likeness (QED) is 0.770. The zero-order chi connectivity index (χ0) is 13.6. The van der Waals surface area contributed by atoms with Crippen molar-refractivity contribution in [3.8, 4) is 0 Å². The molecule has 1 atom stereocenters. The van der Waals surface area contributed by atoms with Gasteiger partial charge in [0.2, 0.25) is 0 Å². The Kier molecular flexibility index (Phi) is 2.82. The second kappa shape index (κ2) is 4.27. The summed E-state index contributed by atoms with van der Waals surface area (Å²) in [6.07, 6.45) is 4.60. The minimum absolute atomic E-state index is 0.271. The highest BCUT2D eigenvalue weighted by Gasteiger charge is 2.33. The molecule has 2 heterocycles. The summed E-state index contributed by atoms with van der Waals surface area (Å²) in [7, 11) is 2.23. The second-order valence-corrected chi connectivity index (χ2v) is 6.47. The van der Waals surface area contributed by atoms with Gasteiger partial charge in [0.15, 0.2) is 0 Å². The highest BCUT2D eigenvalue weighted by molar-refractivity contribution is 5.86. The summed E-state index contributed by atoms with van der Waals surface area (Å²) < 4.78 is 0. The fourth-order valence-electron chi connectivity index (χ4n) is 3.28. The predicted molar refractivity (Wildman–Crippen MR) is 81.4 cm³/mol. The third-order valence-electron chi connectivity index (χ3n) is 4.77. The lowest BCUT2D eigenvalue weighted by atomic mass is 9.79. The molecular weight excluding hydrogens is 234 g/mol. The number of hydrogen-bond acceptors (Lipinski definition) is 2. The molecule has 102 valence electrons. The van der Waals surface area contributed by atoms with Crippen molar-refractivity contribution in [2.45, 2.75) is 38.1 Å². The number of likely N-dealkylation sites (tertiary alicyclic amines) is 1. The summed E-state index contributed by atoms with van der Waals surface area (Å²) in [6.45, 7) is 5.83. The number of benzene rings is 1. The van der Waals surface area contributed by atoms with Crippen molar-refractivity contribution in [3.63, 3.8) is 0 Å². The molecule has 1 saturated heterocycles. The van der Waals surface area contributed by atoms with E-state index in [1.807, 2.05) is 6.07 Å². The van der Waals surface area contributed by atoms with Crippen LogP contribution in [0.4, 0.5) is 5.69 Å². The first-order valence-corrected chi connectivity index (χ1v) is 7.05. The molecule has 3 heteroatoms. The van der Waals surface area contributed by atoms with Crippen LogP contribution in [0.1, 0.15) is 38.2 Å². The first-order valence-electron chi connectivity index (χ1n) is 7.05. The molecular formula is C16H23N3. The Labute approximate surface area is 114 Å². The third-order valence-corrected chi connectivity index (χ3v) is 4.77. The van der Waals surface area contributed by atoms with E-state index in [1.165, 1.54) is 29.3 Å². The number of piperidine rings is 1. The Morgan fingerprint density at radius 2 is 2.16 bits per heavy atom. The fraction of sp³-hybridized carbons (Fsp3) is 0.500. The molecule has 0 amide bonds. The van der Waals surface area contributed by atoms with Crippen molar-refractivity contribution in [2.24, 2.45) is 0 Å².